The predicted molar refractivity (Wildman–Crippen MR) is 64.1 cm³/mol. The van der Waals surface area contributed by atoms with Crippen molar-refractivity contribution in [1.29, 1.82) is 0 Å². The molecular formula is C13H17N. The van der Waals surface area contributed by atoms with Crippen molar-refractivity contribution in [2.45, 2.75) is 20.3 Å². The van der Waals surface area contributed by atoms with E-state index in [9.17, 15) is 0 Å². The van der Waals surface area contributed by atoms with E-state index in [2.05, 4.69) is 38.1 Å². The SMILES string of the molecule is C=C/C=C\c1c(C(=C)CC)c[nH]c1C. The summed E-state index contributed by atoms with van der Waals surface area (Å²) >= 11 is 0. The van der Waals surface area contributed by atoms with E-state index in [1.54, 1.807) is 6.08 Å². The van der Waals surface area contributed by atoms with Crippen molar-refractivity contribution < 1.29 is 0 Å². The van der Waals surface area contributed by atoms with Crippen LogP contribution < -0.4 is 0 Å². The van der Waals surface area contributed by atoms with Gasteiger partial charge in [-0.2, -0.15) is 0 Å². The van der Waals surface area contributed by atoms with Gasteiger partial charge in [0.25, 0.3) is 0 Å². The summed E-state index contributed by atoms with van der Waals surface area (Å²) in [6, 6.07) is 0. The lowest BCUT2D eigenvalue weighted by Crippen LogP contribution is -1.82. The summed E-state index contributed by atoms with van der Waals surface area (Å²) in [6.45, 7) is 11.9. The van der Waals surface area contributed by atoms with Gasteiger partial charge < -0.3 is 4.98 Å². The molecule has 0 aliphatic rings. The first-order valence-corrected chi connectivity index (χ1v) is 4.86. The number of aromatic nitrogens is 1. The molecule has 1 nitrogen and oxygen atoms in total. The van der Waals surface area contributed by atoms with Crippen LogP contribution in [0.1, 0.15) is 30.2 Å². The molecular weight excluding hydrogens is 170 g/mol. The van der Waals surface area contributed by atoms with Crippen LogP contribution in [0.15, 0.2) is 31.5 Å². The molecule has 0 spiro atoms. The van der Waals surface area contributed by atoms with E-state index in [0.29, 0.717) is 0 Å². The van der Waals surface area contributed by atoms with Gasteiger partial charge in [0.05, 0.1) is 0 Å². The fraction of sp³-hybridized carbons (Fsp3) is 0.231. The molecule has 0 aliphatic heterocycles. The van der Waals surface area contributed by atoms with Gasteiger partial charge in [-0.15, -0.1) is 0 Å². The first-order valence-electron chi connectivity index (χ1n) is 4.86. The Hall–Kier alpha value is -1.50. The molecule has 0 saturated carbocycles. The van der Waals surface area contributed by atoms with Crippen LogP contribution >= 0.6 is 0 Å². The fourth-order valence-electron chi connectivity index (χ4n) is 1.40. The van der Waals surface area contributed by atoms with Crippen LogP contribution in [0.4, 0.5) is 0 Å². The molecule has 74 valence electrons. The maximum atomic E-state index is 4.05. The number of aromatic amines is 1. The van der Waals surface area contributed by atoms with E-state index < -0.39 is 0 Å². The van der Waals surface area contributed by atoms with Gasteiger partial charge in [0, 0.05) is 23.0 Å². The molecule has 14 heavy (non-hydrogen) atoms. The smallest absolute Gasteiger partial charge is 0.0195 e. The number of hydrogen-bond donors (Lipinski definition) is 1. The van der Waals surface area contributed by atoms with Crippen LogP contribution in [0.5, 0.6) is 0 Å². The molecule has 0 amide bonds. The second-order valence-electron chi connectivity index (χ2n) is 3.29. The first kappa shape index (κ1) is 10.6. The van der Waals surface area contributed by atoms with Crippen LogP contribution in [0.25, 0.3) is 11.6 Å². The lowest BCUT2D eigenvalue weighted by Gasteiger charge is -2.01. The van der Waals surface area contributed by atoms with Crippen LogP contribution in [0, 0.1) is 6.92 Å². The fourth-order valence-corrected chi connectivity index (χ4v) is 1.40. The molecule has 1 rings (SSSR count). The van der Waals surface area contributed by atoms with Crippen molar-refractivity contribution in [1.82, 2.24) is 4.98 Å². The average Bonchev–Trinajstić information content (AvgIpc) is 2.56. The predicted octanol–water partition coefficient (Wildman–Crippen LogP) is 3.95. The third kappa shape index (κ3) is 2.05. The van der Waals surface area contributed by atoms with E-state index in [-0.39, 0.29) is 0 Å². The molecule has 0 aromatic carbocycles. The van der Waals surface area contributed by atoms with Gasteiger partial charge in [0.2, 0.25) is 0 Å². The maximum Gasteiger partial charge on any atom is 0.0195 e. The van der Waals surface area contributed by atoms with Gasteiger partial charge in [-0.05, 0) is 18.9 Å². The van der Waals surface area contributed by atoms with E-state index >= 15 is 0 Å². The minimum atomic E-state index is 0.978. The van der Waals surface area contributed by atoms with Gasteiger partial charge in [-0.3, -0.25) is 0 Å². The zero-order valence-corrected chi connectivity index (χ0v) is 8.93. The minimum absolute atomic E-state index is 0.978. The number of rotatable bonds is 4. The molecule has 0 saturated heterocycles. The van der Waals surface area contributed by atoms with E-state index in [1.807, 2.05) is 12.3 Å². The lowest BCUT2D eigenvalue weighted by molar-refractivity contribution is 1.24. The summed E-state index contributed by atoms with van der Waals surface area (Å²) in [4.78, 5) is 3.21. The van der Waals surface area contributed by atoms with Crippen LogP contribution in [0.2, 0.25) is 0 Å². The lowest BCUT2D eigenvalue weighted by atomic mass is 10.0. The molecule has 1 heterocycles. The molecule has 1 aromatic heterocycles. The Labute approximate surface area is 85.9 Å². The highest BCUT2D eigenvalue weighted by atomic mass is 14.7. The molecule has 0 unspecified atom stereocenters. The third-order valence-electron chi connectivity index (χ3n) is 2.33. The Morgan fingerprint density at radius 2 is 2.29 bits per heavy atom. The summed E-state index contributed by atoms with van der Waals surface area (Å²) < 4.78 is 0. The molecule has 0 atom stereocenters. The monoisotopic (exact) mass is 187 g/mol. The Kier molecular flexibility index (Phi) is 3.52. The second-order valence-corrected chi connectivity index (χ2v) is 3.29. The van der Waals surface area contributed by atoms with Crippen molar-refractivity contribution in [3.63, 3.8) is 0 Å². The van der Waals surface area contributed by atoms with Gasteiger partial charge in [0.15, 0.2) is 0 Å². The van der Waals surface area contributed by atoms with Crippen LogP contribution in [-0.4, -0.2) is 4.98 Å². The molecule has 0 bridgehead atoms. The molecule has 0 aliphatic carbocycles. The Morgan fingerprint density at radius 1 is 1.57 bits per heavy atom. The number of aryl methyl sites for hydroxylation is 1. The topological polar surface area (TPSA) is 15.8 Å². The summed E-state index contributed by atoms with van der Waals surface area (Å²) in [5.41, 5.74) is 4.77. The Balaban J connectivity index is 3.11. The van der Waals surface area contributed by atoms with E-state index in [1.165, 1.54) is 16.8 Å². The van der Waals surface area contributed by atoms with Crippen molar-refractivity contribution in [2.75, 3.05) is 0 Å². The summed E-state index contributed by atoms with van der Waals surface area (Å²) in [5.74, 6) is 0. The number of nitrogens with one attached hydrogen (secondary N) is 1. The molecule has 1 aromatic rings. The van der Waals surface area contributed by atoms with Crippen molar-refractivity contribution in [2.24, 2.45) is 0 Å². The average molecular weight is 187 g/mol. The maximum absolute atomic E-state index is 4.05. The Bertz CT molecular complexity index is 367. The minimum Gasteiger partial charge on any atom is -0.364 e. The largest absolute Gasteiger partial charge is 0.364 e. The van der Waals surface area contributed by atoms with Crippen LogP contribution in [0.3, 0.4) is 0 Å². The highest BCUT2D eigenvalue weighted by molar-refractivity contribution is 5.74. The molecule has 0 fully saturated rings. The third-order valence-corrected chi connectivity index (χ3v) is 2.33. The van der Waals surface area contributed by atoms with Gasteiger partial charge >= 0.3 is 0 Å². The summed E-state index contributed by atoms with van der Waals surface area (Å²) in [7, 11) is 0. The van der Waals surface area contributed by atoms with Crippen molar-refractivity contribution in [3.8, 4) is 0 Å². The molecule has 1 N–H and O–H groups in total. The molecule has 0 radical (unpaired) electrons. The van der Waals surface area contributed by atoms with Crippen LogP contribution in [-0.2, 0) is 0 Å². The quantitative estimate of drug-likeness (QED) is 0.687. The summed E-state index contributed by atoms with van der Waals surface area (Å²) in [5, 5.41) is 0. The van der Waals surface area contributed by atoms with Gasteiger partial charge in [-0.25, -0.2) is 0 Å². The summed E-state index contributed by atoms with van der Waals surface area (Å²) in [6.07, 6.45) is 8.79. The normalized spacial score (nSPS) is 10.7. The highest BCUT2D eigenvalue weighted by Gasteiger charge is 2.06. The van der Waals surface area contributed by atoms with E-state index in [0.717, 1.165) is 12.0 Å². The molecule has 1 heteroatoms. The Morgan fingerprint density at radius 3 is 2.86 bits per heavy atom. The van der Waals surface area contributed by atoms with Crippen molar-refractivity contribution >= 4 is 11.6 Å². The first-order chi connectivity index (χ1) is 6.70. The van der Waals surface area contributed by atoms with Gasteiger partial charge in [-0.1, -0.05) is 38.3 Å². The standard InChI is InChI=1S/C13H17N/c1-5-7-8-12-11(4)14-9-13(12)10(3)6-2/h5,7-9,14H,1,3,6H2,2,4H3/b8-7-. The van der Waals surface area contributed by atoms with Gasteiger partial charge in [0.1, 0.15) is 0 Å². The zero-order chi connectivity index (χ0) is 10.6. The second kappa shape index (κ2) is 4.66. The number of H-pyrrole nitrogens is 1. The number of hydrogen-bond acceptors (Lipinski definition) is 0. The van der Waals surface area contributed by atoms with Crippen molar-refractivity contribution in [3.05, 3.63) is 48.3 Å². The van der Waals surface area contributed by atoms with E-state index in [4.69, 9.17) is 0 Å². The number of allylic oxidation sites excluding steroid dienone is 3. The highest BCUT2D eigenvalue weighted by Crippen LogP contribution is 2.24. The zero-order valence-electron chi connectivity index (χ0n) is 8.93.